The summed E-state index contributed by atoms with van der Waals surface area (Å²) in [6.45, 7) is 15.4. The first-order valence-corrected chi connectivity index (χ1v) is 12.4. The van der Waals surface area contributed by atoms with Gasteiger partial charge in [0.25, 0.3) is 5.91 Å². The lowest BCUT2D eigenvalue weighted by atomic mass is 9.86. The highest BCUT2D eigenvalue weighted by molar-refractivity contribution is 5.94. The molecule has 2 aliphatic rings. The van der Waals surface area contributed by atoms with Crippen LogP contribution in [0.2, 0.25) is 0 Å². The van der Waals surface area contributed by atoms with E-state index in [0.29, 0.717) is 44.9 Å². The lowest BCUT2D eigenvalue weighted by Crippen LogP contribution is -2.61. The van der Waals surface area contributed by atoms with Crippen molar-refractivity contribution in [2.24, 2.45) is 5.41 Å². The molecule has 1 unspecified atom stereocenters. The Balaban J connectivity index is 1.66. The van der Waals surface area contributed by atoms with Crippen LogP contribution >= 0.6 is 0 Å². The lowest BCUT2D eigenvalue weighted by Gasteiger charge is -2.50. The number of methoxy groups -OCH3 is 1. The van der Waals surface area contributed by atoms with E-state index in [2.05, 4.69) is 4.90 Å². The largest absolute Gasteiger partial charge is 0.491 e. The molecule has 0 aliphatic carbocycles. The number of ether oxygens (including phenoxy) is 3. The molecule has 7 nitrogen and oxygen atoms in total. The molecule has 3 rings (SSSR count). The Morgan fingerprint density at radius 2 is 1.88 bits per heavy atom. The fraction of sp³-hybridized carbons (Fsp3) is 0.704. The van der Waals surface area contributed by atoms with E-state index in [9.17, 15) is 9.59 Å². The molecular weight excluding hydrogens is 432 g/mol. The summed E-state index contributed by atoms with van der Waals surface area (Å²) >= 11 is 0. The molecular formula is C27H42N2O5. The van der Waals surface area contributed by atoms with Crippen molar-refractivity contribution in [3.63, 3.8) is 0 Å². The minimum Gasteiger partial charge on any atom is -0.491 e. The third-order valence-electron chi connectivity index (χ3n) is 6.69. The number of hydrogen-bond donors (Lipinski definition) is 0. The normalized spacial score (nSPS) is 21.2. The van der Waals surface area contributed by atoms with Crippen LogP contribution in [0.4, 0.5) is 0 Å². The second kappa shape index (κ2) is 10.8. The van der Waals surface area contributed by atoms with Crippen LogP contribution in [0.25, 0.3) is 0 Å². The number of carbonyl (C=O) groups excluding carboxylic acids is 2. The van der Waals surface area contributed by atoms with E-state index in [-0.39, 0.29) is 34.9 Å². The molecule has 34 heavy (non-hydrogen) atoms. The van der Waals surface area contributed by atoms with Crippen molar-refractivity contribution in [1.82, 2.24) is 9.80 Å². The van der Waals surface area contributed by atoms with Gasteiger partial charge in [-0.1, -0.05) is 20.8 Å². The molecule has 7 heteroatoms. The van der Waals surface area contributed by atoms with E-state index < -0.39 is 0 Å². The van der Waals surface area contributed by atoms with Crippen LogP contribution < -0.4 is 4.74 Å². The summed E-state index contributed by atoms with van der Waals surface area (Å²) in [5, 5.41) is 0. The topological polar surface area (TPSA) is 68.3 Å². The van der Waals surface area contributed by atoms with E-state index >= 15 is 0 Å². The average molecular weight is 475 g/mol. The Kier molecular flexibility index (Phi) is 8.43. The summed E-state index contributed by atoms with van der Waals surface area (Å²) in [4.78, 5) is 30.0. The molecule has 0 aromatic heterocycles. The molecule has 2 fully saturated rings. The van der Waals surface area contributed by atoms with E-state index in [1.807, 2.05) is 64.6 Å². The first kappa shape index (κ1) is 26.6. The van der Waals surface area contributed by atoms with Crippen LogP contribution in [-0.4, -0.2) is 85.7 Å². The SMILES string of the molecule is COCC1CN(CC(=O)C(C)(C)C)CC2(CCN(C(=O)c3ccc(OC(C)C)c(C)c3)CC2)O1. The summed E-state index contributed by atoms with van der Waals surface area (Å²) in [7, 11) is 1.68. The van der Waals surface area contributed by atoms with Gasteiger partial charge in [-0.15, -0.1) is 0 Å². The summed E-state index contributed by atoms with van der Waals surface area (Å²) < 4.78 is 17.7. The number of amides is 1. The predicted molar refractivity (Wildman–Crippen MR) is 132 cm³/mol. The monoisotopic (exact) mass is 474 g/mol. The predicted octanol–water partition coefficient (Wildman–Crippen LogP) is 3.72. The lowest BCUT2D eigenvalue weighted by molar-refractivity contribution is -0.186. The third kappa shape index (κ3) is 6.58. The van der Waals surface area contributed by atoms with Crippen molar-refractivity contribution in [2.75, 3.05) is 46.4 Å². The zero-order chi connectivity index (χ0) is 25.1. The molecule has 1 atom stereocenters. The van der Waals surface area contributed by atoms with Gasteiger partial charge >= 0.3 is 0 Å². The maximum Gasteiger partial charge on any atom is 0.253 e. The van der Waals surface area contributed by atoms with Gasteiger partial charge in [0.1, 0.15) is 5.75 Å². The van der Waals surface area contributed by atoms with Crippen molar-refractivity contribution in [1.29, 1.82) is 0 Å². The number of hydrogen-bond acceptors (Lipinski definition) is 6. The Bertz CT molecular complexity index is 868. The molecule has 190 valence electrons. The number of aryl methyl sites for hydroxylation is 1. The minimum atomic E-state index is -0.369. The number of nitrogens with zero attached hydrogens (tertiary/aromatic N) is 2. The van der Waals surface area contributed by atoms with Gasteiger partial charge in [-0.2, -0.15) is 0 Å². The van der Waals surface area contributed by atoms with Crippen molar-refractivity contribution in [2.45, 2.75) is 72.2 Å². The van der Waals surface area contributed by atoms with E-state index in [4.69, 9.17) is 14.2 Å². The van der Waals surface area contributed by atoms with E-state index in [0.717, 1.165) is 24.2 Å². The van der Waals surface area contributed by atoms with Crippen LogP contribution in [0.1, 0.15) is 63.4 Å². The van der Waals surface area contributed by atoms with Gasteiger partial charge in [-0.25, -0.2) is 0 Å². The molecule has 2 heterocycles. The Hall–Kier alpha value is -1.96. The van der Waals surface area contributed by atoms with Crippen molar-refractivity contribution in [3.8, 4) is 5.75 Å². The quantitative estimate of drug-likeness (QED) is 0.600. The smallest absolute Gasteiger partial charge is 0.253 e. The first-order chi connectivity index (χ1) is 15.9. The van der Waals surface area contributed by atoms with E-state index in [1.54, 1.807) is 7.11 Å². The van der Waals surface area contributed by atoms with Crippen LogP contribution in [0.3, 0.4) is 0 Å². The fourth-order valence-corrected chi connectivity index (χ4v) is 4.77. The molecule has 2 saturated heterocycles. The fourth-order valence-electron chi connectivity index (χ4n) is 4.77. The molecule has 0 saturated carbocycles. The average Bonchev–Trinajstić information content (AvgIpc) is 2.74. The summed E-state index contributed by atoms with van der Waals surface area (Å²) in [6.07, 6.45) is 1.50. The van der Waals surface area contributed by atoms with Gasteiger partial charge in [-0.3, -0.25) is 14.5 Å². The second-order valence-electron chi connectivity index (χ2n) is 11.2. The molecule has 0 radical (unpaired) electrons. The minimum absolute atomic E-state index is 0.0399. The number of piperidine rings is 1. The zero-order valence-corrected chi connectivity index (χ0v) is 22.0. The Morgan fingerprint density at radius 3 is 2.44 bits per heavy atom. The van der Waals surface area contributed by atoms with Gasteiger partial charge in [0.05, 0.1) is 31.0 Å². The standard InChI is InChI=1S/C27H42N2O5/c1-19(2)33-23-9-8-21(14-20(23)3)25(31)29-12-10-27(11-13-29)18-28(15-22(34-27)17-32-7)16-24(30)26(4,5)6/h8-9,14,19,22H,10-13,15-18H2,1-7H3. The number of ketones is 1. The van der Waals surface area contributed by atoms with E-state index in [1.165, 1.54) is 0 Å². The maximum absolute atomic E-state index is 13.2. The van der Waals surface area contributed by atoms with Crippen LogP contribution in [-0.2, 0) is 14.3 Å². The third-order valence-corrected chi connectivity index (χ3v) is 6.69. The Labute approximate surface area is 204 Å². The van der Waals surface area contributed by atoms with Gasteiger partial charge in [0.15, 0.2) is 5.78 Å². The zero-order valence-electron chi connectivity index (χ0n) is 22.0. The number of carbonyl (C=O) groups is 2. The van der Waals surface area contributed by atoms with Gasteiger partial charge in [-0.05, 0) is 57.4 Å². The van der Waals surface area contributed by atoms with Gasteiger partial charge < -0.3 is 19.1 Å². The first-order valence-electron chi connectivity index (χ1n) is 12.4. The summed E-state index contributed by atoms with van der Waals surface area (Å²) in [6, 6.07) is 5.65. The summed E-state index contributed by atoms with van der Waals surface area (Å²) in [5.41, 5.74) is 0.918. The second-order valence-corrected chi connectivity index (χ2v) is 11.2. The molecule has 1 spiro atoms. The highest BCUT2D eigenvalue weighted by Crippen LogP contribution is 2.34. The highest BCUT2D eigenvalue weighted by atomic mass is 16.5. The molecule has 1 aromatic carbocycles. The number of Topliss-reactive ketones (excluding diaryl/α,β-unsaturated/α-hetero) is 1. The summed E-state index contributed by atoms with van der Waals surface area (Å²) in [5.74, 6) is 1.08. The highest BCUT2D eigenvalue weighted by Gasteiger charge is 2.44. The number of rotatable bonds is 7. The molecule has 2 aliphatic heterocycles. The van der Waals surface area contributed by atoms with Crippen LogP contribution in [0.5, 0.6) is 5.75 Å². The number of benzene rings is 1. The van der Waals surface area contributed by atoms with Gasteiger partial charge in [0.2, 0.25) is 0 Å². The van der Waals surface area contributed by atoms with Crippen LogP contribution in [0.15, 0.2) is 18.2 Å². The molecule has 0 bridgehead atoms. The van der Waals surface area contributed by atoms with Crippen molar-refractivity contribution >= 4 is 11.7 Å². The molecule has 1 aromatic rings. The maximum atomic E-state index is 13.2. The van der Waals surface area contributed by atoms with Gasteiger partial charge in [0, 0.05) is 44.3 Å². The Morgan fingerprint density at radius 1 is 1.21 bits per heavy atom. The van der Waals surface area contributed by atoms with Crippen LogP contribution in [0, 0.1) is 12.3 Å². The van der Waals surface area contributed by atoms with Crippen molar-refractivity contribution < 1.29 is 23.8 Å². The number of likely N-dealkylation sites (tertiary alicyclic amines) is 1. The molecule has 0 N–H and O–H groups in total. The molecule has 1 amide bonds. The number of morpholine rings is 1. The van der Waals surface area contributed by atoms with Crippen molar-refractivity contribution in [3.05, 3.63) is 29.3 Å².